The Hall–Kier alpha value is -2.04. The molecule has 1 rings (SSSR count). The summed E-state index contributed by atoms with van der Waals surface area (Å²) in [6, 6.07) is 6.99. The number of ether oxygens (including phenoxy) is 1. The molecule has 0 atom stereocenters. The summed E-state index contributed by atoms with van der Waals surface area (Å²) >= 11 is 0. The quantitative estimate of drug-likeness (QED) is 0.873. The lowest BCUT2D eigenvalue weighted by Crippen LogP contribution is -2.43. The van der Waals surface area contributed by atoms with Crippen molar-refractivity contribution in [2.24, 2.45) is 0 Å². The number of hydrogen-bond acceptors (Lipinski definition) is 3. The Bertz CT molecular complexity index is 464. The first-order valence-electron chi connectivity index (χ1n) is 6.08. The minimum Gasteiger partial charge on any atom is -0.482 e. The molecular weight excluding hydrogens is 244 g/mol. The number of nitrogens with one attached hydrogen (secondary N) is 2. The summed E-state index contributed by atoms with van der Waals surface area (Å²) in [7, 11) is 0. The average Bonchev–Trinajstić information content (AvgIpc) is 2.24. The van der Waals surface area contributed by atoms with Crippen LogP contribution in [0.2, 0.25) is 0 Å². The molecule has 5 nitrogen and oxygen atoms in total. The molecule has 5 heteroatoms. The zero-order chi connectivity index (χ0) is 14.5. The molecule has 0 aliphatic heterocycles. The van der Waals surface area contributed by atoms with Crippen LogP contribution in [0.1, 0.15) is 27.7 Å². The number of amides is 2. The van der Waals surface area contributed by atoms with E-state index in [-0.39, 0.29) is 24.0 Å². The lowest BCUT2D eigenvalue weighted by atomic mass is 10.1. The third-order valence-electron chi connectivity index (χ3n) is 2.07. The third kappa shape index (κ3) is 5.90. The maximum Gasteiger partial charge on any atom is 0.258 e. The molecule has 104 valence electrons. The van der Waals surface area contributed by atoms with Crippen LogP contribution >= 0.6 is 0 Å². The van der Waals surface area contributed by atoms with Gasteiger partial charge in [0.15, 0.2) is 6.61 Å². The van der Waals surface area contributed by atoms with E-state index in [2.05, 4.69) is 10.6 Å². The summed E-state index contributed by atoms with van der Waals surface area (Å²) in [5, 5.41) is 5.45. The molecule has 2 amide bonds. The van der Waals surface area contributed by atoms with Crippen LogP contribution < -0.4 is 15.4 Å². The summed E-state index contributed by atoms with van der Waals surface area (Å²) in [5.74, 6) is 0.0853. The molecule has 0 aromatic heterocycles. The lowest BCUT2D eigenvalue weighted by molar-refractivity contribution is -0.124. The van der Waals surface area contributed by atoms with Crippen molar-refractivity contribution in [2.75, 3.05) is 11.9 Å². The molecule has 0 radical (unpaired) electrons. The van der Waals surface area contributed by atoms with Crippen molar-refractivity contribution >= 4 is 17.5 Å². The van der Waals surface area contributed by atoms with E-state index in [9.17, 15) is 9.59 Å². The summed E-state index contributed by atoms with van der Waals surface area (Å²) in [5.41, 5.74) is 0.260. The number of rotatable bonds is 4. The van der Waals surface area contributed by atoms with E-state index in [1.54, 1.807) is 24.3 Å². The van der Waals surface area contributed by atoms with Crippen LogP contribution in [0.5, 0.6) is 5.75 Å². The summed E-state index contributed by atoms with van der Waals surface area (Å²) in [4.78, 5) is 22.7. The summed E-state index contributed by atoms with van der Waals surface area (Å²) in [6.45, 7) is 7.03. The van der Waals surface area contributed by atoms with Crippen LogP contribution in [-0.4, -0.2) is 24.0 Å². The van der Waals surface area contributed by atoms with Crippen LogP contribution in [-0.2, 0) is 9.59 Å². The molecule has 0 heterocycles. The van der Waals surface area contributed by atoms with E-state index in [1.165, 1.54) is 6.92 Å². The van der Waals surface area contributed by atoms with Crippen molar-refractivity contribution in [3.63, 3.8) is 0 Å². The molecule has 0 bridgehead atoms. The van der Waals surface area contributed by atoms with Crippen LogP contribution in [0.15, 0.2) is 24.3 Å². The second-order valence-corrected chi connectivity index (χ2v) is 5.26. The van der Waals surface area contributed by atoms with Gasteiger partial charge in [0.25, 0.3) is 5.91 Å². The highest BCUT2D eigenvalue weighted by atomic mass is 16.5. The minimum absolute atomic E-state index is 0.0894. The fourth-order valence-electron chi connectivity index (χ4n) is 1.48. The molecule has 2 N–H and O–H groups in total. The van der Waals surface area contributed by atoms with Gasteiger partial charge in [-0.1, -0.05) is 12.1 Å². The maximum absolute atomic E-state index is 11.6. The molecule has 0 saturated heterocycles. The predicted octanol–water partition coefficient (Wildman–Crippen LogP) is 1.94. The van der Waals surface area contributed by atoms with Crippen LogP contribution in [0.4, 0.5) is 5.69 Å². The van der Waals surface area contributed by atoms with Gasteiger partial charge in [0.1, 0.15) is 5.75 Å². The van der Waals surface area contributed by atoms with Gasteiger partial charge in [-0.25, -0.2) is 0 Å². The molecule has 0 saturated carbocycles. The second kappa shape index (κ2) is 6.22. The molecule has 0 aliphatic carbocycles. The normalized spacial score (nSPS) is 10.7. The van der Waals surface area contributed by atoms with Gasteiger partial charge in [-0.15, -0.1) is 0 Å². The van der Waals surface area contributed by atoms with Crippen LogP contribution in [0.25, 0.3) is 0 Å². The Morgan fingerprint density at radius 3 is 2.42 bits per heavy atom. The number of carbonyl (C=O) groups is 2. The first-order chi connectivity index (χ1) is 8.78. The number of hydrogen-bond donors (Lipinski definition) is 2. The topological polar surface area (TPSA) is 67.4 Å². The lowest BCUT2D eigenvalue weighted by Gasteiger charge is -2.20. The Balaban J connectivity index is 2.62. The summed E-state index contributed by atoms with van der Waals surface area (Å²) < 4.78 is 5.42. The fourth-order valence-corrected chi connectivity index (χ4v) is 1.48. The van der Waals surface area contributed by atoms with Crippen molar-refractivity contribution in [3.05, 3.63) is 24.3 Å². The standard InChI is InChI=1S/C14H20N2O3/c1-10(17)15-11-7-5-6-8-12(11)19-9-13(18)16-14(2,3)4/h5-8H,9H2,1-4H3,(H,15,17)(H,16,18). The van der Waals surface area contributed by atoms with Gasteiger partial charge in [0.2, 0.25) is 5.91 Å². The molecule has 19 heavy (non-hydrogen) atoms. The zero-order valence-electron chi connectivity index (χ0n) is 11.7. The minimum atomic E-state index is -0.294. The van der Waals surface area contributed by atoms with Crippen molar-refractivity contribution in [1.29, 1.82) is 0 Å². The van der Waals surface area contributed by atoms with Crippen LogP contribution in [0.3, 0.4) is 0 Å². The number of benzene rings is 1. The van der Waals surface area contributed by atoms with Gasteiger partial charge in [0.05, 0.1) is 5.69 Å². The molecule has 1 aromatic carbocycles. The van der Waals surface area contributed by atoms with Crippen LogP contribution in [0, 0.1) is 0 Å². The maximum atomic E-state index is 11.6. The monoisotopic (exact) mass is 264 g/mol. The van der Waals surface area contributed by atoms with Gasteiger partial charge in [-0.3, -0.25) is 9.59 Å². The Kier molecular flexibility index (Phi) is 4.92. The van der Waals surface area contributed by atoms with Crippen molar-refractivity contribution < 1.29 is 14.3 Å². The van der Waals surface area contributed by atoms with Crippen molar-refractivity contribution in [2.45, 2.75) is 33.2 Å². The molecular formula is C14H20N2O3. The van der Waals surface area contributed by atoms with Gasteiger partial charge >= 0.3 is 0 Å². The Morgan fingerprint density at radius 1 is 1.21 bits per heavy atom. The third-order valence-corrected chi connectivity index (χ3v) is 2.07. The molecule has 0 unspecified atom stereocenters. The fraction of sp³-hybridized carbons (Fsp3) is 0.429. The smallest absolute Gasteiger partial charge is 0.258 e. The largest absolute Gasteiger partial charge is 0.482 e. The molecule has 0 fully saturated rings. The van der Waals surface area contributed by atoms with E-state index in [1.807, 2.05) is 20.8 Å². The first-order valence-corrected chi connectivity index (χ1v) is 6.08. The highest BCUT2D eigenvalue weighted by Crippen LogP contribution is 2.23. The number of para-hydroxylation sites is 2. The molecule has 0 aliphatic rings. The Labute approximate surface area is 113 Å². The first kappa shape index (κ1) is 15.0. The van der Waals surface area contributed by atoms with E-state index in [0.717, 1.165) is 0 Å². The highest BCUT2D eigenvalue weighted by molar-refractivity contribution is 5.90. The summed E-state index contributed by atoms with van der Waals surface area (Å²) in [6.07, 6.45) is 0. The number of carbonyl (C=O) groups excluding carboxylic acids is 2. The number of anilines is 1. The van der Waals surface area contributed by atoms with Gasteiger partial charge in [-0.2, -0.15) is 0 Å². The van der Waals surface area contributed by atoms with E-state index >= 15 is 0 Å². The molecule has 1 aromatic rings. The average molecular weight is 264 g/mol. The molecule has 0 spiro atoms. The predicted molar refractivity (Wildman–Crippen MR) is 74.1 cm³/mol. The van der Waals surface area contributed by atoms with E-state index in [4.69, 9.17) is 4.74 Å². The zero-order valence-corrected chi connectivity index (χ0v) is 11.7. The highest BCUT2D eigenvalue weighted by Gasteiger charge is 2.14. The van der Waals surface area contributed by atoms with E-state index in [0.29, 0.717) is 11.4 Å². The van der Waals surface area contributed by atoms with Crippen molar-refractivity contribution in [3.8, 4) is 5.75 Å². The van der Waals surface area contributed by atoms with Gasteiger partial charge in [0, 0.05) is 12.5 Å². The Morgan fingerprint density at radius 2 is 1.84 bits per heavy atom. The van der Waals surface area contributed by atoms with Gasteiger partial charge < -0.3 is 15.4 Å². The SMILES string of the molecule is CC(=O)Nc1ccccc1OCC(=O)NC(C)(C)C. The van der Waals surface area contributed by atoms with E-state index < -0.39 is 0 Å². The van der Waals surface area contributed by atoms with Gasteiger partial charge in [-0.05, 0) is 32.9 Å². The van der Waals surface area contributed by atoms with Crippen molar-refractivity contribution in [1.82, 2.24) is 5.32 Å². The second-order valence-electron chi connectivity index (χ2n) is 5.26.